The maximum absolute atomic E-state index is 13.2. The van der Waals surface area contributed by atoms with Crippen LogP contribution in [0.1, 0.15) is 5.69 Å². The predicted octanol–water partition coefficient (Wildman–Crippen LogP) is 1.93. The molecule has 0 spiro atoms. The quantitative estimate of drug-likeness (QED) is 0.693. The molecule has 1 aliphatic rings. The second-order valence-electron chi connectivity index (χ2n) is 3.99. The number of aromatic nitrogens is 1. The van der Waals surface area contributed by atoms with Gasteiger partial charge in [-0.05, 0) is 24.3 Å². The maximum Gasteiger partial charge on any atom is 0.125 e. The highest BCUT2D eigenvalue weighted by atomic mass is 19.1. The van der Waals surface area contributed by atoms with Gasteiger partial charge in [0, 0.05) is 37.1 Å². The molecule has 1 aliphatic heterocycles. The molecule has 0 unspecified atom stereocenters. The summed E-state index contributed by atoms with van der Waals surface area (Å²) in [6, 6.07) is 7.19. The van der Waals surface area contributed by atoms with Gasteiger partial charge in [0.05, 0.1) is 5.52 Å². The maximum atomic E-state index is 13.2. The fourth-order valence-electron chi connectivity index (χ4n) is 2.29. The summed E-state index contributed by atoms with van der Waals surface area (Å²) in [7, 11) is 0. The van der Waals surface area contributed by atoms with Crippen LogP contribution in [-0.4, -0.2) is 17.7 Å². The van der Waals surface area contributed by atoms with E-state index in [1.807, 2.05) is 6.07 Å². The first-order chi connectivity index (χ1) is 7.34. The van der Waals surface area contributed by atoms with Crippen LogP contribution in [0, 0.1) is 5.82 Å². The Bertz CT molecular complexity index is 502. The monoisotopic (exact) mass is 204 g/mol. The molecule has 0 fully saturated rings. The average molecular weight is 204 g/mol. The van der Waals surface area contributed by atoms with Crippen LogP contribution in [0.4, 0.5) is 4.39 Å². The van der Waals surface area contributed by atoms with Gasteiger partial charge in [-0.25, -0.2) is 4.39 Å². The Balaban J connectivity index is 2.24. The van der Waals surface area contributed by atoms with Gasteiger partial charge in [-0.1, -0.05) is 0 Å². The SMILES string of the molecule is Fc1ccc2cc3n(c2c1)CCNCC3. The molecule has 0 bridgehead atoms. The van der Waals surface area contributed by atoms with Crippen molar-refractivity contribution in [2.45, 2.75) is 13.0 Å². The lowest BCUT2D eigenvalue weighted by molar-refractivity contribution is 0.625. The average Bonchev–Trinajstić information content (AvgIpc) is 2.44. The second-order valence-corrected chi connectivity index (χ2v) is 3.99. The molecular weight excluding hydrogens is 191 g/mol. The van der Waals surface area contributed by atoms with Gasteiger partial charge in [0.25, 0.3) is 0 Å². The van der Waals surface area contributed by atoms with Crippen molar-refractivity contribution in [2.24, 2.45) is 0 Å². The van der Waals surface area contributed by atoms with Crippen molar-refractivity contribution in [3.05, 3.63) is 35.8 Å². The van der Waals surface area contributed by atoms with E-state index >= 15 is 0 Å². The summed E-state index contributed by atoms with van der Waals surface area (Å²) >= 11 is 0. The summed E-state index contributed by atoms with van der Waals surface area (Å²) in [5, 5.41) is 4.49. The van der Waals surface area contributed by atoms with Gasteiger partial charge >= 0.3 is 0 Å². The molecule has 1 aromatic heterocycles. The van der Waals surface area contributed by atoms with Gasteiger partial charge in [0.1, 0.15) is 5.82 Å². The number of halogens is 1. The van der Waals surface area contributed by atoms with Crippen LogP contribution in [0.3, 0.4) is 0 Å². The van der Waals surface area contributed by atoms with Crippen molar-refractivity contribution in [1.82, 2.24) is 9.88 Å². The number of rotatable bonds is 0. The van der Waals surface area contributed by atoms with Gasteiger partial charge in [-0.15, -0.1) is 0 Å². The number of hydrogen-bond acceptors (Lipinski definition) is 1. The Labute approximate surface area is 87.7 Å². The molecule has 2 nitrogen and oxygen atoms in total. The van der Waals surface area contributed by atoms with E-state index in [-0.39, 0.29) is 5.82 Å². The van der Waals surface area contributed by atoms with Crippen molar-refractivity contribution in [1.29, 1.82) is 0 Å². The van der Waals surface area contributed by atoms with Gasteiger partial charge in [0.15, 0.2) is 0 Å². The van der Waals surface area contributed by atoms with Crippen molar-refractivity contribution < 1.29 is 4.39 Å². The lowest BCUT2D eigenvalue weighted by Gasteiger charge is -2.05. The third-order valence-corrected chi connectivity index (χ3v) is 3.02. The Kier molecular flexibility index (Phi) is 1.99. The predicted molar refractivity (Wildman–Crippen MR) is 58.5 cm³/mol. The van der Waals surface area contributed by atoms with Crippen LogP contribution in [-0.2, 0) is 13.0 Å². The Hall–Kier alpha value is -1.35. The van der Waals surface area contributed by atoms with E-state index in [1.165, 1.54) is 11.8 Å². The zero-order chi connectivity index (χ0) is 10.3. The molecule has 0 amide bonds. The van der Waals surface area contributed by atoms with Gasteiger partial charge in [-0.3, -0.25) is 0 Å². The van der Waals surface area contributed by atoms with E-state index in [9.17, 15) is 4.39 Å². The summed E-state index contributed by atoms with van der Waals surface area (Å²) in [4.78, 5) is 0. The van der Waals surface area contributed by atoms with E-state index in [4.69, 9.17) is 0 Å². The lowest BCUT2D eigenvalue weighted by atomic mass is 10.2. The summed E-state index contributed by atoms with van der Waals surface area (Å²) < 4.78 is 15.4. The highest BCUT2D eigenvalue weighted by Crippen LogP contribution is 2.22. The van der Waals surface area contributed by atoms with Crippen LogP contribution in [0.25, 0.3) is 10.9 Å². The number of fused-ring (bicyclic) bond motifs is 3. The van der Waals surface area contributed by atoms with E-state index in [0.29, 0.717) is 0 Å². The Morgan fingerprint density at radius 2 is 2.13 bits per heavy atom. The van der Waals surface area contributed by atoms with Crippen LogP contribution < -0.4 is 5.32 Å². The first-order valence-electron chi connectivity index (χ1n) is 5.33. The molecule has 2 aromatic rings. The summed E-state index contributed by atoms with van der Waals surface area (Å²) in [6.45, 7) is 2.91. The molecule has 0 radical (unpaired) electrons. The first kappa shape index (κ1) is 8.92. The smallest absolute Gasteiger partial charge is 0.125 e. The molecule has 3 heteroatoms. The van der Waals surface area contributed by atoms with Crippen molar-refractivity contribution in [3.8, 4) is 0 Å². The Morgan fingerprint density at radius 3 is 3.07 bits per heavy atom. The van der Waals surface area contributed by atoms with E-state index in [2.05, 4.69) is 16.0 Å². The highest BCUT2D eigenvalue weighted by molar-refractivity contribution is 5.81. The zero-order valence-corrected chi connectivity index (χ0v) is 8.46. The van der Waals surface area contributed by atoms with E-state index in [0.717, 1.165) is 37.0 Å². The molecule has 78 valence electrons. The van der Waals surface area contributed by atoms with Gasteiger partial charge in [-0.2, -0.15) is 0 Å². The standard InChI is InChI=1S/C12H13FN2/c13-10-2-1-9-7-11-3-4-14-5-6-15(11)12(9)8-10/h1-2,7-8,14H,3-6H2. The topological polar surface area (TPSA) is 17.0 Å². The molecule has 3 rings (SSSR count). The third-order valence-electron chi connectivity index (χ3n) is 3.02. The molecule has 1 N–H and O–H groups in total. The molecular formula is C12H13FN2. The van der Waals surface area contributed by atoms with Crippen molar-refractivity contribution in [3.63, 3.8) is 0 Å². The van der Waals surface area contributed by atoms with E-state index < -0.39 is 0 Å². The second kappa shape index (κ2) is 3.35. The molecule has 2 heterocycles. The van der Waals surface area contributed by atoms with Crippen LogP contribution >= 0.6 is 0 Å². The number of hydrogen-bond donors (Lipinski definition) is 1. The minimum atomic E-state index is -0.152. The van der Waals surface area contributed by atoms with Crippen molar-refractivity contribution in [2.75, 3.05) is 13.1 Å². The zero-order valence-electron chi connectivity index (χ0n) is 8.46. The normalized spacial score (nSPS) is 16.3. The lowest BCUT2D eigenvalue weighted by Crippen LogP contribution is -2.17. The van der Waals surface area contributed by atoms with Gasteiger partial charge < -0.3 is 9.88 Å². The summed E-state index contributed by atoms with van der Waals surface area (Å²) in [5.41, 5.74) is 2.33. The molecule has 0 atom stereocenters. The number of nitrogens with one attached hydrogen (secondary N) is 1. The fourth-order valence-corrected chi connectivity index (χ4v) is 2.29. The third kappa shape index (κ3) is 1.43. The van der Waals surface area contributed by atoms with Gasteiger partial charge in [0.2, 0.25) is 0 Å². The Morgan fingerprint density at radius 1 is 1.20 bits per heavy atom. The molecule has 15 heavy (non-hydrogen) atoms. The summed E-state index contributed by atoms with van der Waals surface area (Å²) in [5.74, 6) is -0.152. The summed E-state index contributed by atoms with van der Waals surface area (Å²) in [6.07, 6.45) is 1.02. The van der Waals surface area contributed by atoms with Crippen LogP contribution in [0.15, 0.2) is 24.3 Å². The first-order valence-corrected chi connectivity index (χ1v) is 5.33. The van der Waals surface area contributed by atoms with Crippen LogP contribution in [0.2, 0.25) is 0 Å². The number of nitrogens with zero attached hydrogens (tertiary/aromatic N) is 1. The molecule has 0 saturated carbocycles. The van der Waals surface area contributed by atoms with Crippen LogP contribution in [0.5, 0.6) is 0 Å². The minimum absolute atomic E-state index is 0.152. The van der Waals surface area contributed by atoms with E-state index in [1.54, 1.807) is 6.07 Å². The number of benzene rings is 1. The molecule has 1 aromatic carbocycles. The molecule has 0 saturated heterocycles. The highest BCUT2D eigenvalue weighted by Gasteiger charge is 2.11. The van der Waals surface area contributed by atoms with Crippen molar-refractivity contribution >= 4 is 10.9 Å². The minimum Gasteiger partial charge on any atom is -0.343 e. The molecule has 0 aliphatic carbocycles. The largest absolute Gasteiger partial charge is 0.343 e. The fraction of sp³-hybridized carbons (Fsp3) is 0.333.